The van der Waals surface area contributed by atoms with Gasteiger partial charge in [-0.3, -0.25) is 4.79 Å². The van der Waals surface area contributed by atoms with Crippen molar-refractivity contribution in [2.75, 3.05) is 0 Å². The molecule has 2 aromatic rings. The van der Waals surface area contributed by atoms with E-state index in [4.69, 9.17) is 11.6 Å². The Kier molecular flexibility index (Phi) is 3.95. The molecule has 3 atom stereocenters. The first kappa shape index (κ1) is 16.8. The minimum Gasteiger partial charge on any atom is -0.344 e. The molecule has 0 aliphatic heterocycles. The van der Waals surface area contributed by atoms with Gasteiger partial charge in [-0.15, -0.1) is 22.9 Å². The molecule has 4 heteroatoms. The molecule has 0 radical (unpaired) electrons. The first-order chi connectivity index (χ1) is 12.6. The predicted molar refractivity (Wildman–Crippen MR) is 106 cm³/mol. The average Bonchev–Trinajstić information content (AvgIpc) is 3.12. The van der Waals surface area contributed by atoms with Crippen LogP contribution in [0.2, 0.25) is 0 Å². The second-order valence-corrected chi connectivity index (χ2v) is 10.5. The topological polar surface area (TPSA) is 29.1 Å². The van der Waals surface area contributed by atoms with Gasteiger partial charge in [-0.1, -0.05) is 36.4 Å². The number of hydrogen-bond donors (Lipinski definition) is 1. The molecule has 6 rings (SSSR count). The summed E-state index contributed by atoms with van der Waals surface area (Å²) in [6.07, 6.45) is 6.38. The van der Waals surface area contributed by atoms with E-state index in [0.29, 0.717) is 11.8 Å². The Morgan fingerprint density at radius 1 is 1.08 bits per heavy atom. The summed E-state index contributed by atoms with van der Waals surface area (Å²) in [6.45, 7) is 0. The van der Waals surface area contributed by atoms with Crippen molar-refractivity contribution in [2.45, 2.75) is 49.4 Å². The number of alkyl halides is 1. The Morgan fingerprint density at radius 2 is 1.81 bits per heavy atom. The summed E-state index contributed by atoms with van der Waals surface area (Å²) < 4.78 is 0. The van der Waals surface area contributed by atoms with Gasteiger partial charge in [0.25, 0.3) is 0 Å². The molecular weight excluding hydrogens is 362 g/mol. The fourth-order valence-corrected chi connectivity index (χ4v) is 7.62. The van der Waals surface area contributed by atoms with E-state index in [9.17, 15) is 4.79 Å². The summed E-state index contributed by atoms with van der Waals surface area (Å²) >= 11 is 8.64. The van der Waals surface area contributed by atoms with Crippen LogP contribution in [0.3, 0.4) is 0 Å². The van der Waals surface area contributed by atoms with Crippen molar-refractivity contribution in [3.63, 3.8) is 0 Å². The van der Waals surface area contributed by atoms with Gasteiger partial charge in [-0.25, -0.2) is 0 Å². The fourth-order valence-electron chi connectivity index (χ4n) is 6.12. The summed E-state index contributed by atoms with van der Waals surface area (Å²) in [4.78, 5) is 14.6. The van der Waals surface area contributed by atoms with Crippen LogP contribution in [0.4, 0.5) is 0 Å². The number of rotatable bonds is 4. The smallest absolute Gasteiger partial charge is 0.227 e. The van der Waals surface area contributed by atoms with E-state index in [0.717, 1.165) is 37.7 Å². The average molecular weight is 386 g/mol. The quantitative estimate of drug-likeness (QED) is 0.688. The lowest BCUT2D eigenvalue weighted by Crippen LogP contribution is -2.58. The van der Waals surface area contributed by atoms with Crippen LogP contribution < -0.4 is 5.32 Å². The number of amides is 1. The molecule has 1 aromatic carbocycles. The first-order valence-electron chi connectivity index (χ1n) is 9.64. The highest BCUT2D eigenvalue weighted by atomic mass is 35.5. The number of nitrogens with one attached hydrogen (secondary N) is 1. The van der Waals surface area contributed by atoms with Crippen molar-refractivity contribution in [2.24, 2.45) is 17.3 Å². The third-order valence-corrected chi connectivity index (χ3v) is 8.09. The van der Waals surface area contributed by atoms with Gasteiger partial charge in [0.2, 0.25) is 5.91 Å². The molecule has 4 bridgehead atoms. The number of carbonyl (C=O) groups is 1. The summed E-state index contributed by atoms with van der Waals surface area (Å²) in [7, 11) is 0. The van der Waals surface area contributed by atoms with Crippen molar-refractivity contribution in [3.05, 3.63) is 58.3 Å². The summed E-state index contributed by atoms with van der Waals surface area (Å²) in [5.74, 6) is 1.49. The Balaban J connectivity index is 1.45. The lowest BCUT2D eigenvalue weighted by Gasteiger charge is -2.59. The zero-order valence-corrected chi connectivity index (χ0v) is 16.4. The van der Waals surface area contributed by atoms with Gasteiger partial charge in [0.1, 0.15) is 0 Å². The van der Waals surface area contributed by atoms with Crippen molar-refractivity contribution < 1.29 is 4.79 Å². The molecule has 4 fully saturated rings. The molecule has 1 N–H and O–H groups in total. The predicted octanol–water partition coefficient (Wildman–Crippen LogP) is 5.53. The van der Waals surface area contributed by atoms with E-state index in [1.807, 2.05) is 18.2 Å². The van der Waals surface area contributed by atoms with Gasteiger partial charge in [-0.05, 0) is 67.4 Å². The van der Waals surface area contributed by atoms with Crippen molar-refractivity contribution in [1.29, 1.82) is 0 Å². The Hall–Kier alpha value is -1.32. The number of benzene rings is 1. The van der Waals surface area contributed by atoms with Crippen LogP contribution in [0.15, 0.2) is 47.8 Å². The molecule has 1 amide bonds. The molecular formula is C22H24ClNOS. The minimum absolute atomic E-state index is 0.0667. The van der Waals surface area contributed by atoms with Gasteiger partial charge in [0.05, 0.1) is 11.5 Å². The zero-order valence-electron chi connectivity index (χ0n) is 14.8. The fraction of sp³-hybridized carbons (Fsp3) is 0.500. The molecule has 2 nitrogen and oxygen atoms in total. The van der Waals surface area contributed by atoms with E-state index in [2.05, 4.69) is 35.0 Å². The third-order valence-electron chi connectivity index (χ3n) is 6.71. The maximum atomic E-state index is 13.6. The second kappa shape index (κ2) is 6.10. The molecule has 26 heavy (non-hydrogen) atoms. The zero-order chi connectivity index (χ0) is 17.8. The van der Waals surface area contributed by atoms with Gasteiger partial charge >= 0.3 is 0 Å². The van der Waals surface area contributed by atoms with Crippen LogP contribution in [0.5, 0.6) is 0 Å². The van der Waals surface area contributed by atoms with Crippen molar-refractivity contribution >= 4 is 28.8 Å². The molecule has 4 aliphatic rings. The molecule has 136 valence electrons. The number of carbonyl (C=O) groups excluding carboxylic acids is 1. The molecule has 4 saturated carbocycles. The Bertz CT molecular complexity index is 789. The SMILES string of the molecule is O=C(NC(c1ccccc1)c1cccs1)C12CC3CC(CC(Cl)(C3)C1)C2. The highest BCUT2D eigenvalue weighted by molar-refractivity contribution is 7.10. The summed E-state index contributed by atoms with van der Waals surface area (Å²) in [5.41, 5.74) is 0.893. The van der Waals surface area contributed by atoms with E-state index in [-0.39, 0.29) is 22.2 Å². The Morgan fingerprint density at radius 3 is 2.42 bits per heavy atom. The molecule has 4 aliphatic carbocycles. The largest absolute Gasteiger partial charge is 0.344 e. The van der Waals surface area contributed by atoms with Crippen LogP contribution >= 0.6 is 22.9 Å². The van der Waals surface area contributed by atoms with Gasteiger partial charge in [0, 0.05) is 9.75 Å². The normalized spacial score (nSPS) is 36.0. The summed E-state index contributed by atoms with van der Waals surface area (Å²) in [5, 5.41) is 5.50. The van der Waals surface area contributed by atoms with Crippen molar-refractivity contribution in [3.8, 4) is 0 Å². The van der Waals surface area contributed by atoms with Crippen LogP contribution in [-0.4, -0.2) is 10.8 Å². The Labute approximate surface area is 164 Å². The standard InChI is InChI=1S/C22H24ClNOS/c23-22-12-15-9-16(13-22)11-21(10-15,14-22)20(25)24-19(18-7-4-8-26-18)17-5-2-1-3-6-17/h1-8,15-16,19H,9-14H2,(H,24,25). The summed E-state index contributed by atoms with van der Waals surface area (Å²) in [6, 6.07) is 14.4. The minimum atomic E-state index is -0.254. The third kappa shape index (κ3) is 2.80. The van der Waals surface area contributed by atoms with E-state index in [1.165, 1.54) is 11.3 Å². The highest BCUT2D eigenvalue weighted by Crippen LogP contribution is 2.64. The highest BCUT2D eigenvalue weighted by Gasteiger charge is 2.60. The molecule has 0 spiro atoms. The van der Waals surface area contributed by atoms with Crippen LogP contribution in [0.25, 0.3) is 0 Å². The van der Waals surface area contributed by atoms with Gasteiger partial charge in [-0.2, -0.15) is 0 Å². The lowest BCUT2D eigenvalue weighted by atomic mass is 9.49. The molecule has 1 aromatic heterocycles. The lowest BCUT2D eigenvalue weighted by molar-refractivity contribution is -0.145. The van der Waals surface area contributed by atoms with Crippen molar-refractivity contribution in [1.82, 2.24) is 5.32 Å². The van der Waals surface area contributed by atoms with Crippen LogP contribution in [0.1, 0.15) is 55.0 Å². The maximum absolute atomic E-state index is 13.6. The van der Waals surface area contributed by atoms with Gasteiger partial charge < -0.3 is 5.32 Å². The molecule has 3 unspecified atom stereocenters. The van der Waals surface area contributed by atoms with Crippen LogP contribution in [0, 0.1) is 17.3 Å². The molecule has 0 saturated heterocycles. The number of thiophene rings is 1. The first-order valence-corrected chi connectivity index (χ1v) is 10.9. The monoisotopic (exact) mass is 385 g/mol. The van der Waals surface area contributed by atoms with Crippen LogP contribution in [-0.2, 0) is 4.79 Å². The maximum Gasteiger partial charge on any atom is 0.227 e. The second-order valence-electron chi connectivity index (χ2n) is 8.72. The van der Waals surface area contributed by atoms with E-state index >= 15 is 0 Å². The number of halogens is 1. The van der Waals surface area contributed by atoms with E-state index in [1.54, 1.807) is 11.3 Å². The number of hydrogen-bond acceptors (Lipinski definition) is 2. The van der Waals surface area contributed by atoms with Gasteiger partial charge in [0.15, 0.2) is 0 Å². The van der Waals surface area contributed by atoms with E-state index < -0.39 is 0 Å². The molecule has 1 heterocycles.